The van der Waals surface area contributed by atoms with Crippen LogP contribution in [-0.4, -0.2) is 26.4 Å². The quantitative estimate of drug-likeness (QED) is 0.695. The van der Waals surface area contributed by atoms with Crippen molar-refractivity contribution >= 4 is 17.9 Å². The molecule has 0 saturated carbocycles. The molecule has 0 rings (SSSR count). The van der Waals surface area contributed by atoms with Gasteiger partial charge in [-0.3, -0.25) is 0 Å². The zero-order valence-electron chi connectivity index (χ0n) is 9.01. The molecule has 0 aromatic rings. The molecular weight excluding hydrogens is 185 g/mol. The molecule has 0 fully saturated rings. The lowest BCUT2D eigenvalue weighted by atomic mass is 9.86. The lowest BCUT2D eigenvalue weighted by Gasteiger charge is -2.29. The van der Waals surface area contributed by atoms with Crippen molar-refractivity contribution in [3.8, 4) is 0 Å². The zero-order valence-corrected chi connectivity index (χ0v) is 9.83. The van der Waals surface area contributed by atoms with Gasteiger partial charge in [-0.05, 0) is 27.2 Å². The third-order valence-electron chi connectivity index (χ3n) is 1.76. The van der Waals surface area contributed by atoms with E-state index in [9.17, 15) is 8.42 Å². The van der Waals surface area contributed by atoms with Gasteiger partial charge < -0.3 is 0 Å². The van der Waals surface area contributed by atoms with Crippen molar-refractivity contribution in [3.05, 3.63) is 0 Å². The molecule has 1 atom stereocenters. The maximum atomic E-state index is 11.7. The molecule has 0 aromatic heterocycles. The topological polar surface area (TPSA) is 46.2 Å². The van der Waals surface area contributed by atoms with Crippen molar-refractivity contribution < 1.29 is 8.42 Å². The van der Waals surface area contributed by atoms with Crippen LogP contribution in [0.1, 0.15) is 41.0 Å². The number of hydrogen-bond donors (Lipinski definition) is 1. The standard InChI is InChI=1S/C8H18BNO2S/c1-6-8(5,9)13(11,12)10-7(2,3)4/h10H,6H2,1-5H3. The summed E-state index contributed by atoms with van der Waals surface area (Å²) in [4.78, 5) is 0. The second kappa shape index (κ2) is 3.61. The lowest BCUT2D eigenvalue weighted by molar-refractivity contribution is 0.479. The minimum atomic E-state index is -3.44. The Bertz CT molecular complexity index is 264. The molecule has 2 radical (unpaired) electrons. The lowest BCUT2D eigenvalue weighted by Crippen LogP contribution is -2.51. The van der Waals surface area contributed by atoms with Crippen molar-refractivity contribution in [1.29, 1.82) is 0 Å². The minimum Gasteiger partial charge on any atom is -0.213 e. The fourth-order valence-electron chi connectivity index (χ4n) is 0.710. The summed E-state index contributed by atoms with van der Waals surface area (Å²) in [6.07, 6.45) is 0.387. The molecule has 0 amide bonds. The number of nitrogens with one attached hydrogen (secondary N) is 1. The molecule has 1 N–H and O–H groups in total. The molecule has 0 aliphatic rings. The van der Waals surface area contributed by atoms with Crippen LogP contribution in [0, 0.1) is 0 Å². The Morgan fingerprint density at radius 1 is 1.23 bits per heavy atom. The van der Waals surface area contributed by atoms with Gasteiger partial charge in [0.25, 0.3) is 0 Å². The van der Waals surface area contributed by atoms with E-state index in [4.69, 9.17) is 7.85 Å². The van der Waals surface area contributed by atoms with E-state index in [1.807, 2.05) is 0 Å². The molecule has 0 spiro atoms. The Morgan fingerprint density at radius 3 is 1.85 bits per heavy atom. The van der Waals surface area contributed by atoms with Crippen LogP contribution in [0.25, 0.3) is 0 Å². The molecule has 0 saturated heterocycles. The maximum Gasteiger partial charge on any atom is 0.209 e. The summed E-state index contributed by atoms with van der Waals surface area (Å²) in [6, 6.07) is 0. The van der Waals surface area contributed by atoms with Crippen LogP contribution in [0.5, 0.6) is 0 Å². The minimum absolute atomic E-state index is 0.387. The van der Waals surface area contributed by atoms with Gasteiger partial charge in [0, 0.05) is 10.2 Å². The Labute approximate surface area is 82.8 Å². The van der Waals surface area contributed by atoms with E-state index in [1.54, 1.807) is 27.7 Å². The highest BCUT2D eigenvalue weighted by atomic mass is 32.2. The predicted molar refractivity (Wildman–Crippen MR) is 56.3 cm³/mol. The average Bonchev–Trinajstić information content (AvgIpc) is 1.81. The molecule has 0 heterocycles. The van der Waals surface area contributed by atoms with Gasteiger partial charge in [-0.1, -0.05) is 13.8 Å². The monoisotopic (exact) mass is 203 g/mol. The first kappa shape index (κ1) is 13.0. The summed E-state index contributed by atoms with van der Waals surface area (Å²) >= 11 is 0. The van der Waals surface area contributed by atoms with Crippen LogP contribution in [0.4, 0.5) is 0 Å². The third kappa shape index (κ3) is 3.69. The highest BCUT2D eigenvalue weighted by Gasteiger charge is 2.34. The van der Waals surface area contributed by atoms with Gasteiger partial charge in [0.1, 0.15) is 0 Å². The largest absolute Gasteiger partial charge is 0.213 e. The summed E-state index contributed by atoms with van der Waals surface area (Å²) in [5.41, 5.74) is -0.478. The zero-order chi connectivity index (χ0) is 10.9. The Hall–Kier alpha value is -0.0251. The number of rotatable bonds is 3. The van der Waals surface area contributed by atoms with E-state index < -0.39 is 20.2 Å². The molecule has 0 aliphatic heterocycles. The number of hydrogen-bond acceptors (Lipinski definition) is 2. The first-order chi connectivity index (χ1) is 5.52. The molecule has 1 unspecified atom stereocenters. The molecule has 0 bridgehead atoms. The Morgan fingerprint density at radius 2 is 1.62 bits per heavy atom. The van der Waals surface area contributed by atoms with Gasteiger partial charge in [-0.15, -0.1) is 0 Å². The smallest absolute Gasteiger partial charge is 0.209 e. The molecule has 5 heteroatoms. The van der Waals surface area contributed by atoms with Crippen LogP contribution in [0.2, 0.25) is 0 Å². The van der Waals surface area contributed by atoms with Crippen LogP contribution in [0.3, 0.4) is 0 Å². The van der Waals surface area contributed by atoms with E-state index in [0.29, 0.717) is 6.42 Å². The molecule has 3 nitrogen and oxygen atoms in total. The highest BCUT2D eigenvalue weighted by molar-refractivity contribution is 7.92. The van der Waals surface area contributed by atoms with E-state index in [2.05, 4.69) is 4.72 Å². The fourth-order valence-corrected chi connectivity index (χ4v) is 2.13. The van der Waals surface area contributed by atoms with Gasteiger partial charge in [0.15, 0.2) is 0 Å². The summed E-state index contributed by atoms with van der Waals surface area (Å²) in [5, 5.41) is 0. The third-order valence-corrected chi connectivity index (χ3v) is 4.15. The van der Waals surface area contributed by atoms with Gasteiger partial charge in [0.05, 0.1) is 7.85 Å². The van der Waals surface area contributed by atoms with Crippen molar-refractivity contribution in [2.24, 2.45) is 0 Å². The molecule has 76 valence electrons. The normalized spacial score (nSPS) is 18.2. The maximum absolute atomic E-state index is 11.7. The summed E-state index contributed by atoms with van der Waals surface area (Å²) in [6.45, 7) is 8.63. The first-order valence-corrected chi connectivity index (χ1v) is 5.82. The summed E-state index contributed by atoms with van der Waals surface area (Å²) in [7, 11) is 2.21. The molecular formula is C8H18BNO2S. The molecule has 0 aliphatic carbocycles. The second-order valence-electron chi connectivity index (χ2n) is 4.52. The van der Waals surface area contributed by atoms with Crippen molar-refractivity contribution in [2.75, 3.05) is 0 Å². The van der Waals surface area contributed by atoms with Gasteiger partial charge >= 0.3 is 0 Å². The van der Waals surface area contributed by atoms with E-state index >= 15 is 0 Å². The fraction of sp³-hybridized carbons (Fsp3) is 1.00. The van der Waals surface area contributed by atoms with Crippen molar-refractivity contribution in [1.82, 2.24) is 4.72 Å². The summed E-state index contributed by atoms with van der Waals surface area (Å²) in [5.74, 6) is 0. The highest BCUT2D eigenvalue weighted by Crippen LogP contribution is 2.17. The molecule has 0 aromatic carbocycles. The number of sulfonamides is 1. The van der Waals surface area contributed by atoms with Crippen LogP contribution in [0.15, 0.2) is 0 Å². The van der Waals surface area contributed by atoms with Gasteiger partial charge in [-0.25, -0.2) is 13.1 Å². The van der Waals surface area contributed by atoms with Crippen LogP contribution < -0.4 is 4.72 Å². The van der Waals surface area contributed by atoms with Crippen LogP contribution in [-0.2, 0) is 10.0 Å². The van der Waals surface area contributed by atoms with Crippen LogP contribution >= 0.6 is 0 Å². The average molecular weight is 203 g/mol. The Kier molecular flexibility index (Phi) is 3.61. The van der Waals surface area contributed by atoms with E-state index in [-0.39, 0.29) is 0 Å². The summed E-state index contributed by atoms with van der Waals surface area (Å²) < 4.78 is 24.7. The van der Waals surface area contributed by atoms with Crippen molar-refractivity contribution in [2.45, 2.75) is 51.2 Å². The van der Waals surface area contributed by atoms with Gasteiger partial charge in [-0.2, -0.15) is 0 Å². The van der Waals surface area contributed by atoms with E-state index in [0.717, 1.165) is 0 Å². The van der Waals surface area contributed by atoms with Crippen molar-refractivity contribution in [3.63, 3.8) is 0 Å². The first-order valence-electron chi connectivity index (χ1n) is 4.34. The SMILES string of the molecule is [B]C(C)(CC)S(=O)(=O)NC(C)(C)C. The second-order valence-corrected chi connectivity index (χ2v) is 6.67. The predicted octanol–water partition coefficient (Wildman–Crippen LogP) is 0.999. The molecule has 13 heavy (non-hydrogen) atoms. The van der Waals surface area contributed by atoms with Gasteiger partial charge in [0.2, 0.25) is 10.0 Å². The van der Waals surface area contributed by atoms with E-state index in [1.165, 1.54) is 6.92 Å². The Balaban J connectivity index is 4.81.